The second-order valence-electron chi connectivity index (χ2n) is 2.57. The quantitative estimate of drug-likeness (QED) is 0.518. The highest BCUT2D eigenvalue weighted by Crippen LogP contribution is 2.12. The Hall–Kier alpha value is -1.36. The topological polar surface area (TPSA) is 61.1 Å². The first-order chi connectivity index (χ1) is 5.96. The lowest BCUT2D eigenvalue weighted by Gasteiger charge is -2.03. The lowest BCUT2D eigenvalue weighted by molar-refractivity contribution is -0.646. The normalized spacial score (nSPS) is 11.2. The van der Waals surface area contributed by atoms with Crippen LogP contribution in [-0.4, -0.2) is 8.42 Å². The molecule has 0 saturated carbocycles. The fraction of sp³-hybridized carbons (Fsp3) is 0.125. The van der Waals surface area contributed by atoms with Crippen LogP contribution in [0.4, 0.5) is 0 Å². The lowest BCUT2D eigenvalue weighted by atomic mass is 10.5. The summed E-state index contributed by atoms with van der Waals surface area (Å²) in [5.41, 5.74) is 0. The fourth-order valence-electron chi connectivity index (χ4n) is 0.799. The predicted molar refractivity (Wildman–Crippen MR) is 47.4 cm³/mol. The molecule has 0 atom stereocenters. The maximum Gasteiger partial charge on any atom is 0.312 e. The van der Waals surface area contributed by atoms with Gasteiger partial charge in [-0.25, -0.2) is 8.42 Å². The van der Waals surface area contributed by atoms with E-state index in [4.69, 9.17) is 0 Å². The number of hydrogen-bond donors (Lipinski definition) is 0. The first kappa shape index (κ1) is 9.73. The van der Waals surface area contributed by atoms with Crippen molar-refractivity contribution in [2.24, 2.45) is 0 Å². The molecule has 0 aliphatic heterocycles. The van der Waals surface area contributed by atoms with Crippen molar-refractivity contribution in [3.8, 4) is 0 Å². The van der Waals surface area contributed by atoms with Gasteiger partial charge in [0, 0.05) is 17.0 Å². The maximum atomic E-state index is 11.4. The molecule has 0 aliphatic rings. The minimum atomic E-state index is -3.65. The number of hydrogen-bond acceptors (Lipinski definition) is 3. The van der Waals surface area contributed by atoms with E-state index in [1.54, 1.807) is 0 Å². The highest BCUT2D eigenvalue weighted by atomic mass is 32.2. The van der Waals surface area contributed by atoms with Gasteiger partial charge >= 0.3 is 5.03 Å². The summed E-state index contributed by atoms with van der Waals surface area (Å²) in [6, 6.07) is 4.20. The first-order valence-corrected chi connectivity index (χ1v) is 5.03. The zero-order valence-electron chi connectivity index (χ0n) is 7.10. The summed E-state index contributed by atoms with van der Waals surface area (Å²) >= 11 is 0. The van der Waals surface area contributed by atoms with Crippen LogP contribution < -0.4 is 4.73 Å². The lowest BCUT2D eigenvalue weighted by Crippen LogP contribution is -2.33. The van der Waals surface area contributed by atoms with Crippen molar-refractivity contribution in [2.45, 2.75) is 11.9 Å². The monoisotopic (exact) mass is 199 g/mol. The minimum Gasteiger partial charge on any atom is -0.618 e. The Bertz CT molecular complexity index is 436. The van der Waals surface area contributed by atoms with Gasteiger partial charge in [-0.15, -0.1) is 0 Å². The van der Waals surface area contributed by atoms with Crippen LogP contribution in [0.2, 0.25) is 0 Å². The Morgan fingerprint density at radius 3 is 2.62 bits per heavy atom. The van der Waals surface area contributed by atoms with E-state index in [2.05, 4.69) is 6.58 Å². The number of sulfone groups is 1. The molecule has 1 heterocycles. The molecule has 0 N–H and O–H groups in total. The van der Waals surface area contributed by atoms with E-state index in [0.29, 0.717) is 4.73 Å². The average molecular weight is 199 g/mol. The van der Waals surface area contributed by atoms with Crippen LogP contribution in [0.5, 0.6) is 0 Å². The first-order valence-electron chi connectivity index (χ1n) is 3.55. The number of allylic oxidation sites excluding steroid dienone is 1. The van der Waals surface area contributed by atoms with Crippen molar-refractivity contribution in [1.29, 1.82) is 0 Å². The maximum absolute atomic E-state index is 11.4. The standard InChI is InChI=1S/C8H9NO3S/c1-7(2)13(11,12)8-5-3-4-6-9(8)10/h3-6H,1H2,2H3. The summed E-state index contributed by atoms with van der Waals surface area (Å²) in [6.07, 6.45) is 1.13. The van der Waals surface area contributed by atoms with Crippen molar-refractivity contribution in [3.63, 3.8) is 0 Å². The van der Waals surface area contributed by atoms with Crippen LogP contribution in [0.25, 0.3) is 0 Å². The summed E-state index contributed by atoms with van der Waals surface area (Å²) in [6.45, 7) is 4.65. The molecule has 0 saturated heterocycles. The molecule has 0 unspecified atom stereocenters. The van der Waals surface area contributed by atoms with Crippen LogP contribution in [0.3, 0.4) is 0 Å². The summed E-state index contributed by atoms with van der Waals surface area (Å²) in [4.78, 5) is -0.0386. The smallest absolute Gasteiger partial charge is 0.312 e. The molecule has 0 spiro atoms. The molecular weight excluding hydrogens is 190 g/mol. The molecule has 70 valence electrons. The molecule has 0 aliphatic carbocycles. The number of rotatable bonds is 2. The van der Waals surface area contributed by atoms with Crippen molar-refractivity contribution >= 4 is 9.84 Å². The number of pyridine rings is 1. The molecule has 1 aromatic heterocycles. The zero-order chi connectivity index (χ0) is 10.1. The average Bonchev–Trinajstić information content (AvgIpc) is 2.04. The van der Waals surface area contributed by atoms with Crippen LogP contribution in [0.15, 0.2) is 40.9 Å². The van der Waals surface area contributed by atoms with Crippen molar-refractivity contribution < 1.29 is 13.1 Å². The van der Waals surface area contributed by atoms with Crippen LogP contribution >= 0.6 is 0 Å². The van der Waals surface area contributed by atoms with Gasteiger partial charge in [-0.3, -0.25) is 0 Å². The van der Waals surface area contributed by atoms with Gasteiger partial charge in [-0.2, -0.15) is 4.73 Å². The van der Waals surface area contributed by atoms with Gasteiger partial charge in [0.1, 0.15) is 0 Å². The Kier molecular flexibility index (Phi) is 2.38. The highest BCUT2D eigenvalue weighted by molar-refractivity contribution is 7.95. The number of nitrogens with zero attached hydrogens (tertiary/aromatic N) is 1. The highest BCUT2D eigenvalue weighted by Gasteiger charge is 2.23. The van der Waals surface area contributed by atoms with Gasteiger partial charge in [-0.05, 0) is 13.0 Å². The van der Waals surface area contributed by atoms with Gasteiger partial charge in [0.2, 0.25) is 0 Å². The van der Waals surface area contributed by atoms with Crippen molar-refractivity contribution in [2.75, 3.05) is 0 Å². The third kappa shape index (κ3) is 1.70. The van der Waals surface area contributed by atoms with E-state index >= 15 is 0 Å². The van der Waals surface area contributed by atoms with Gasteiger partial charge < -0.3 is 5.21 Å². The van der Waals surface area contributed by atoms with Gasteiger partial charge in [0.25, 0.3) is 9.84 Å². The molecule has 1 aromatic rings. The molecule has 4 nitrogen and oxygen atoms in total. The van der Waals surface area contributed by atoms with E-state index in [9.17, 15) is 13.6 Å². The number of aromatic nitrogens is 1. The zero-order valence-corrected chi connectivity index (χ0v) is 7.91. The molecule has 0 amide bonds. The van der Waals surface area contributed by atoms with Crippen LogP contribution in [0.1, 0.15) is 6.92 Å². The van der Waals surface area contributed by atoms with E-state index in [-0.39, 0.29) is 9.93 Å². The Balaban J connectivity index is 3.40. The van der Waals surface area contributed by atoms with Crippen LogP contribution in [-0.2, 0) is 9.84 Å². The second-order valence-corrected chi connectivity index (χ2v) is 4.69. The molecule has 1 rings (SSSR count). The Morgan fingerprint density at radius 2 is 2.15 bits per heavy atom. The molecule has 0 radical (unpaired) electrons. The summed E-state index contributed by atoms with van der Waals surface area (Å²) in [7, 11) is -3.65. The third-order valence-electron chi connectivity index (χ3n) is 1.52. The van der Waals surface area contributed by atoms with Gasteiger partial charge in [0.15, 0.2) is 6.20 Å². The summed E-state index contributed by atoms with van der Waals surface area (Å²) in [5, 5.41) is 10.8. The largest absolute Gasteiger partial charge is 0.618 e. The summed E-state index contributed by atoms with van der Waals surface area (Å²) < 4.78 is 23.2. The fourth-order valence-corrected chi connectivity index (χ4v) is 1.71. The molecule has 0 fully saturated rings. The van der Waals surface area contributed by atoms with E-state index in [0.717, 1.165) is 6.20 Å². The summed E-state index contributed by atoms with van der Waals surface area (Å²) in [5.74, 6) is 0. The van der Waals surface area contributed by atoms with Crippen molar-refractivity contribution in [1.82, 2.24) is 0 Å². The molecule has 0 bridgehead atoms. The minimum absolute atomic E-state index is 0.0386. The molecule has 0 aromatic carbocycles. The van der Waals surface area contributed by atoms with Crippen LogP contribution in [0, 0.1) is 5.21 Å². The van der Waals surface area contributed by atoms with Gasteiger partial charge in [0.05, 0.1) is 0 Å². The van der Waals surface area contributed by atoms with E-state index in [1.165, 1.54) is 25.1 Å². The third-order valence-corrected chi connectivity index (χ3v) is 3.31. The van der Waals surface area contributed by atoms with Crippen molar-refractivity contribution in [3.05, 3.63) is 41.1 Å². The predicted octanol–water partition coefficient (Wildman–Crippen LogP) is 0.627. The van der Waals surface area contributed by atoms with E-state index in [1.807, 2.05) is 0 Å². The molecule has 13 heavy (non-hydrogen) atoms. The SMILES string of the molecule is C=C(C)S(=O)(=O)c1cccc[n+]1[O-]. The molecule has 5 heteroatoms. The Morgan fingerprint density at radius 1 is 1.54 bits per heavy atom. The molecular formula is C8H9NO3S. The Labute approximate surface area is 76.6 Å². The van der Waals surface area contributed by atoms with E-state index < -0.39 is 9.84 Å². The second kappa shape index (κ2) is 3.18. The van der Waals surface area contributed by atoms with Gasteiger partial charge in [-0.1, -0.05) is 6.58 Å².